The number of nitrogens with one attached hydrogen (secondary N) is 2. The fourth-order valence-electron chi connectivity index (χ4n) is 2.30. The van der Waals surface area contributed by atoms with E-state index in [-0.39, 0.29) is 16.6 Å². The van der Waals surface area contributed by atoms with Crippen LogP contribution in [-0.2, 0) is 0 Å². The lowest BCUT2D eigenvalue weighted by atomic mass is 10.1. The van der Waals surface area contributed by atoms with Crippen LogP contribution in [0.5, 0.6) is 5.75 Å². The lowest BCUT2D eigenvalue weighted by Crippen LogP contribution is -2.34. The van der Waals surface area contributed by atoms with E-state index in [2.05, 4.69) is 40.4 Å². The van der Waals surface area contributed by atoms with E-state index >= 15 is 0 Å². The van der Waals surface area contributed by atoms with Crippen LogP contribution in [0.1, 0.15) is 41.0 Å². The van der Waals surface area contributed by atoms with Crippen LogP contribution in [0.3, 0.4) is 0 Å². The summed E-state index contributed by atoms with van der Waals surface area (Å²) >= 11 is 8.59. The lowest BCUT2D eigenvalue weighted by Gasteiger charge is -2.13. The lowest BCUT2D eigenvalue weighted by molar-refractivity contribution is 0.0975. The Balaban J connectivity index is 2.00. The Morgan fingerprint density at radius 1 is 1.21 bits per heavy atom. The monoisotopic (exact) mass is 463 g/mol. The first kappa shape index (κ1) is 21.8. The highest BCUT2D eigenvalue weighted by Gasteiger charge is 2.13. The van der Waals surface area contributed by atoms with Crippen molar-refractivity contribution in [2.45, 2.75) is 20.3 Å². The average molecular weight is 464 g/mol. The molecule has 0 heterocycles. The van der Waals surface area contributed by atoms with Crippen molar-refractivity contribution >= 4 is 50.8 Å². The topological polar surface area (TPSA) is 93.4 Å². The number of carbonyl (C=O) groups is 2. The molecule has 0 aliphatic rings. The maximum Gasteiger partial charge on any atom is 0.257 e. The van der Waals surface area contributed by atoms with Gasteiger partial charge in [-0.3, -0.25) is 14.9 Å². The number of hydrogen-bond acceptors (Lipinski definition) is 4. The van der Waals surface area contributed by atoms with Gasteiger partial charge in [0, 0.05) is 5.56 Å². The van der Waals surface area contributed by atoms with Crippen LogP contribution in [0.2, 0.25) is 0 Å². The van der Waals surface area contributed by atoms with Crippen molar-refractivity contribution in [1.29, 1.82) is 0 Å². The zero-order valence-corrected chi connectivity index (χ0v) is 18.0. The van der Waals surface area contributed by atoms with Crippen LogP contribution < -0.4 is 21.1 Å². The van der Waals surface area contributed by atoms with Crippen molar-refractivity contribution in [3.63, 3.8) is 0 Å². The van der Waals surface area contributed by atoms with Gasteiger partial charge in [0.25, 0.3) is 11.8 Å². The number of thiocarbonyl (C=S) groups is 1. The number of ether oxygens (including phenoxy) is 1. The van der Waals surface area contributed by atoms with Crippen molar-refractivity contribution in [2.24, 2.45) is 11.7 Å². The third kappa shape index (κ3) is 6.31. The molecule has 2 aromatic carbocycles. The SMILES string of the molecule is CC(C)CCOc1ccc(C(=O)NC(=S)Nc2ccccc2C(N)=O)cc1Br. The number of rotatable bonds is 7. The van der Waals surface area contributed by atoms with Crippen molar-refractivity contribution in [3.8, 4) is 5.75 Å². The summed E-state index contributed by atoms with van der Waals surface area (Å²) in [5, 5.41) is 5.46. The molecule has 6 nitrogen and oxygen atoms in total. The molecule has 28 heavy (non-hydrogen) atoms. The quantitative estimate of drug-likeness (QED) is 0.537. The number of anilines is 1. The smallest absolute Gasteiger partial charge is 0.257 e. The van der Waals surface area contributed by atoms with Gasteiger partial charge in [0.15, 0.2) is 5.11 Å². The number of benzene rings is 2. The molecular formula is C20H22BrN3O3S. The number of primary amides is 1. The molecule has 0 fully saturated rings. The van der Waals surface area contributed by atoms with E-state index in [0.717, 1.165) is 6.42 Å². The fraction of sp³-hybridized carbons (Fsp3) is 0.250. The van der Waals surface area contributed by atoms with Crippen LogP contribution in [0.4, 0.5) is 5.69 Å². The Morgan fingerprint density at radius 3 is 2.57 bits per heavy atom. The highest BCUT2D eigenvalue weighted by molar-refractivity contribution is 9.10. The Morgan fingerprint density at radius 2 is 1.93 bits per heavy atom. The van der Waals surface area contributed by atoms with E-state index in [1.807, 2.05) is 0 Å². The van der Waals surface area contributed by atoms with Crippen molar-refractivity contribution in [2.75, 3.05) is 11.9 Å². The number of hydrogen-bond donors (Lipinski definition) is 3. The molecule has 0 aromatic heterocycles. The molecular weight excluding hydrogens is 442 g/mol. The summed E-state index contributed by atoms with van der Waals surface area (Å²) in [4.78, 5) is 23.9. The van der Waals surface area contributed by atoms with Gasteiger partial charge in [-0.15, -0.1) is 0 Å². The molecule has 4 N–H and O–H groups in total. The van der Waals surface area contributed by atoms with Gasteiger partial charge < -0.3 is 15.8 Å². The molecule has 0 aliphatic heterocycles. The molecule has 148 valence electrons. The van der Waals surface area contributed by atoms with Crippen molar-refractivity contribution in [1.82, 2.24) is 5.32 Å². The second-order valence-corrected chi connectivity index (χ2v) is 7.76. The molecule has 0 aliphatic carbocycles. The van der Waals surface area contributed by atoms with Crippen LogP contribution in [0.25, 0.3) is 0 Å². The van der Waals surface area contributed by atoms with Crippen molar-refractivity contribution < 1.29 is 14.3 Å². The van der Waals surface area contributed by atoms with Gasteiger partial charge in [-0.1, -0.05) is 26.0 Å². The fourth-order valence-corrected chi connectivity index (χ4v) is 3.00. The van der Waals surface area contributed by atoms with Crippen LogP contribution in [-0.4, -0.2) is 23.5 Å². The zero-order valence-electron chi connectivity index (χ0n) is 15.6. The number of halogens is 1. The van der Waals surface area contributed by atoms with E-state index in [0.29, 0.717) is 34.0 Å². The maximum absolute atomic E-state index is 12.4. The molecule has 0 saturated heterocycles. The van der Waals surface area contributed by atoms with Crippen LogP contribution >= 0.6 is 28.1 Å². The number of para-hydroxylation sites is 1. The highest BCUT2D eigenvalue weighted by Crippen LogP contribution is 2.26. The minimum atomic E-state index is -0.589. The van der Waals surface area contributed by atoms with Crippen LogP contribution in [0.15, 0.2) is 46.9 Å². The van der Waals surface area contributed by atoms with E-state index < -0.39 is 5.91 Å². The summed E-state index contributed by atoms with van der Waals surface area (Å²) in [6, 6.07) is 11.7. The predicted molar refractivity (Wildman–Crippen MR) is 118 cm³/mol. The Labute approximate surface area is 178 Å². The molecule has 0 atom stereocenters. The van der Waals surface area contributed by atoms with E-state index in [1.54, 1.807) is 42.5 Å². The highest BCUT2D eigenvalue weighted by atomic mass is 79.9. The number of carbonyl (C=O) groups excluding carboxylic acids is 2. The minimum absolute atomic E-state index is 0.0621. The van der Waals surface area contributed by atoms with Gasteiger partial charge in [0.05, 0.1) is 22.3 Å². The minimum Gasteiger partial charge on any atom is -0.492 e. The molecule has 0 spiro atoms. The second-order valence-electron chi connectivity index (χ2n) is 6.49. The largest absolute Gasteiger partial charge is 0.492 e. The first-order valence-corrected chi connectivity index (χ1v) is 9.91. The van der Waals surface area contributed by atoms with Gasteiger partial charge in [-0.25, -0.2) is 0 Å². The molecule has 2 amide bonds. The Kier molecular flexibility index (Phi) is 7.95. The Hall–Kier alpha value is -2.45. The molecule has 8 heteroatoms. The van der Waals surface area contributed by atoms with E-state index in [9.17, 15) is 9.59 Å². The van der Waals surface area contributed by atoms with E-state index in [1.165, 1.54) is 0 Å². The van der Waals surface area contributed by atoms with Gasteiger partial charge in [0.2, 0.25) is 0 Å². The summed E-state index contributed by atoms with van der Waals surface area (Å²) in [6.07, 6.45) is 0.946. The van der Waals surface area contributed by atoms with Gasteiger partial charge >= 0.3 is 0 Å². The summed E-state index contributed by atoms with van der Waals surface area (Å²) in [6.45, 7) is 4.87. The van der Waals surface area contributed by atoms with Crippen LogP contribution in [0, 0.1) is 5.92 Å². The zero-order chi connectivity index (χ0) is 20.7. The first-order chi connectivity index (χ1) is 13.3. The number of nitrogens with two attached hydrogens (primary N) is 1. The normalized spacial score (nSPS) is 10.4. The van der Waals surface area contributed by atoms with Gasteiger partial charge in [-0.05, 0) is 70.8 Å². The molecule has 0 bridgehead atoms. The molecule has 2 rings (SSSR count). The summed E-state index contributed by atoms with van der Waals surface area (Å²) in [5.74, 6) is 0.253. The molecule has 2 aromatic rings. The molecule has 0 saturated carbocycles. The summed E-state index contributed by atoms with van der Waals surface area (Å²) in [5.41, 5.74) is 6.46. The third-order valence-corrected chi connectivity index (χ3v) is 4.64. The van der Waals surface area contributed by atoms with E-state index in [4.69, 9.17) is 22.7 Å². The predicted octanol–water partition coefficient (Wildman–Crippen LogP) is 4.10. The summed E-state index contributed by atoms with van der Waals surface area (Å²) in [7, 11) is 0. The summed E-state index contributed by atoms with van der Waals surface area (Å²) < 4.78 is 6.40. The average Bonchev–Trinajstić information content (AvgIpc) is 2.62. The molecule has 0 radical (unpaired) electrons. The van der Waals surface area contributed by atoms with Gasteiger partial charge in [0.1, 0.15) is 5.75 Å². The number of amides is 2. The third-order valence-electron chi connectivity index (χ3n) is 3.81. The van der Waals surface area contributed by atoms with Crippen molar-refractivity contribution in [3.05, 3.63) is 58.1 Å². The second kappa shape index (κ2) is 10.2. The first-order valence-electron chi connectivity index (χ1n) is 8.71. The maximum atomic E-state index is 12.4. The van der Waals surface area contributed by atoms with Gasteiger partial charge in [-0.2, -0.15) is 0 Å². The standard InChI is InChI=1S/C20H22BrN3O3S/c1-12(2)9-10-27-17-8-7-13(11-15(17)21)19(26)24-20(28)23-16-6-4-3-5-14(16)18(22)25/h3-8,11-12H,9-10H2,1-2H3,(H2,22,25)(H2,23,24,26,28). The molecule has 0 unspecified atom stereocenters. The Bertz CT molecular complexity index is 887.